The van der Waals surface area contributed by atoms with Crippen LogP contribution < -0.4 is 24.5 Å². The van der Waals surface area contributed by atoms with E-state index in [2.05, 4.69) is 176 Å². The van der Waals surface area contributed by atoms with Gasteiger partial charge in [-0.2, -0.15) is 0 Å². The molecule has 2 aliphatic carbocycles. The minimum atomic E-state index is 0.582. The second-order valence-corrected chi connectivity index (χ2v) is 17.9. The number of para-hydroxylation sites is 6. The molecule has 0 saturated heterocycles. The van der Waals surface area contributed by atoms with Gasteiger partial charge in [-0.3, -0.25) is 0 Å². The van der Waals surface area contributed by atoms with Gasteiger partial charge in [-0.25, -0.2) is 0 Å². The van der Waals surface area contributed by atoms with Crippen LogP contribution in [0.15, 0.2) is 133 Å². The Morgan fingerprint density at radius 3 is 1.57 bits per heavy atom. The van der Waals surface area contributed by atoms with Crippen molar-refractivity contribution in [2.24, 2.45) is 11.8 Å². The fraction of sp³-hybridized carbons (Fsp3) is 0.308. The summed E-state index contributed by atoms with van der Waals surface area (Å²) >= 11 is 0. The molecule has 0 amide bonds. The Hall–Kier alpha value is -5.88. The van der Waals surface area contributed by atoms with Gasteiger partial charge in [0.1, 0.15) is 0 Å². The molecule has 0 N–H and O–H groups in total. The van der Waals surface area contributed by atoms with E-state index >= 15 is 0 Å². The first-order valence-electron chi connectivity index (χ1n) is 21.9. The standard InChI is InChI=1S/C52H52N6/c1-35-21-25-37(26-22-35)53-33-55(47-18-7-5-16-45(47)53)39-11-9-12-41(31-39)57-50-20-10-14-43-42-13-3-4-15-44(42)58(52(43)50)49-30-29-40(32-51(49)57)56-34-54(38-27-23-36(2)24-28-38)46-17-6-8-19-48(46)56/h3-20,29-32,35-38H,21-28,33-34H2,1-2H3. The van der Waals surface area contributed by atoms with Gasteiger partial charge in [0.25, 0.3) is 0 Å². The molecule has 0 radical (unpaired) electrons. The predicted molar refractivity (Wildman–Crippen MR) is 244 cm³/mol. The third kappa shape index (κ3) is 5.23. The molecule has 3 aliphatic heterocycles. The van der Waals surface area contributed by atoms with Crippen molar-refractivity contribution in [3.8, 4) is 5.69 Å². The van der Waals surface area contributed by atoms with Crippen LogP contribution >= 0.6 is 0 Å². The molecule has 6 heteroatoms. The van der Waals surface area contributed by atoms with E-state index in [1.165, 1.54) is 130 Å². The SMILES string of the molecule is CC1CCC(N2CN(c3cccc(N4c5cc(N6CN(C7CCC(C)CC7)c7ccccc76)ccc5-n5c6ccccc6c6cccc4c65)c3)c3ccccc32)CC1. The van der Waals surface area contributed by atoms with Crippen molar-refractivity contribution in [1.82, 2.24) is 4.57 Å². The van der Waals surface area contributed by atoms with E-state index in [9.17, 15) is 0 Å². The molecule has 2 fully saturated rings. The molecule has 0 atom stereocenters. The van der Waals surface area contributed by atoms with Crippen LogP contribution in [0, 0.1) is 11.8 Å². The van der Waals surface area contributed by atoms with Crippen LogP contribution in [-0.2, 0) is 0 Å². The third-order valence-electron chi connectivity index (χ3n) is 14.5. The van der Waals surface area contributed by atoms with Crippen molar-refractivity contribution in [3.05, 3.63) is 133 Å². The number of rotatable bonds is 5. The van der Waals surface area contributed by atoms with Crippen LogP contribution in [0.3, 0.4) is 0 Å². The number of hydrogen-bond acceptors (Lipinski definition) is 5. The Morgan fingerprint density at radius 2 is 0.914 bits per heavy atom. The average Bonchev–Trinajstić information content (AvgIpc) is 3.96. The Labute approximate surface area is 342 Å². The molecule has 0 bridgehead atoms. The van der Waals surface area contributed by atoms with Crippen LogP contribution in [0.5, 0.6) is 0 Å². The number of benzene rings is 6. The van der Waals surface area contributed by atoms with E-state index in [4.69, 9.17) is 0 Å². The van der Waals surface area contributed by atoms with Crippen LogP contribution in [0.1, 0.15) is 65.2 Å². The van der Waals surface area contributed by atoms with E-state index in [1.54, 1.807) is 0 Å². The summed E-state index contributed by atoms with van der Waals surface area (Å²) in [4.78, 5) is 13.1. The highest BCUT2D eigenvalue weighted by Gasteiger charge is 2.37. The third-order valence-corrected chi connectivity index (χ3v) is 14.5. The normalized spacial score (nSPS) is 22.5. The highest BCUT2D eigenvalue weighted by molar-refractivity contribution is 6.16. The molecule has 6 aromatic carbocycles. The number of aromatic nitrogens is 1. The second kappa shape index (κ2) is 13.3. The summed E-state index contributed by atoms with van der Waals surface area (Å²) < 4.78 is 2.52. The van der Waals surface area contributed by atoms with E-state index in [-0.39, 0.29) is 0 Å². The fourth-order valence-corrected chi connectivity index (χ4v) is 11.3. The van der Waals surface area contributed by atoms with Crippen molar-refractivity contribution in [1.29, 1.82) is 0 Å². The lowest BCUT2D eigenvalue weighted by molar-refractivity contribution is 0.337. The van der Waals surface area contributed by atoms with Gasteiger partial charge in [0, 0.05) is 39.9 Å². The summed E-state index contributed by atoms with van der Waals surface area (Å²) in [5.74, 6) is 1.66. The first-order valence-corrected chi connectivity index (χ1v) is 21.9. The van der Waals surface area contributed by atoms with Gasteiger partial charge in [-0.15, -0.1) is 0 Å². The van der Waals surface area contributed by atoms with E-state index in [0.29, 0.717) is 12.1 Å². The zero-order chi connectivity index (χ0) is 38.5. The molecule has 7 aromatic rings. The maximum absolute atomic E-state index is 2.70. The summed E-state index contributed by atoms with van der Waals surface area (Å²) in [5, 5.41) is 2.59. The summed E-state index contributed by atoms with van der Waals surface area (Å²) in [7, 11) is 0. The molecule has 5 aliphatic rings. The number of anilines is 9. The van der Waals surface area contributed by atoms with Crippen molar-refractivity contribution in [2.45, 2.75) is 77.3 Å². The zero-order valence-corrected chi connectivity index (χ0v) is 33.8. The minimum absolute atomic E-state index is 0.582. The summed E-state index contributed by atoms with van der Waals surface area (Å²) in [6.07, 6.45) is 10.3. The number of hydrogen-bond donors (Lipinski definition) is 0. The second-order valence-electron chi connectivity index (χ2n) is 17.9. The molecule has 2 saturated carbocycles. The zero-order valence-electron chi connectivity index (χ0n) is 33.8. The van der Waals surface area contributed by atoms with Crippen LogP contribution in [0.2, 0.25) is 0 Å². The number of nitrogens with zero attached hydrogens (tertiary/aromatic N) is 6. The average molecular weight is 761 g/mol. The molecule has 1 aromatic heterocycles. The lowest BCUT2D eigenvalue weighted by Gasteiger charge is -2.36. The van der Waals surface area contributed by atoms with E-state index in [0.717, 1.165) is 25.2 Å². The maximum Gasteiger partial charge on any atom is 0.0955 e. The quantitative estimate of drug-likeness (QED) is 0.174. The fourth-order valence-electron chi connectivity index (χ4n) is 11.3. The smallest absolute Gasteiger partial charge is 0.0955 e. The van der Waals surface area contributed by atoms with Crippen molar-refractivity contribution >= 4 is 73.0 Å². The monoisotopic (exact) mass is 760 g/mol. The Morgan fingerprint density at radius 1 is 0.397 bits per heavy atom. The van der Waals surface area contributed by atoms with Crippen molar-refractivity contribution in [2.75, 3.05) is 37.8 Å². The predicted octanol–water partition coefficient (Wildman–Crippen LogP) is 13.6. The highest BCUT2D eigenvalue weighted by atomic mass is 15.4. The molecule has 0 unspecified atom stereocenters. The Bertz CT molecular complexity index is 2700. The summed E-state index contributed by atoms with van der Waals surface area (Å²) in [5.41, 5.74) is 15.2. The maximum atomic E-state index is 2.70. The molecule has 6 nitrogen and oxygen atoms in total. The molecular formula is C52H52N6. The van der Waals surface area contributed by atoms with E-state index in [1.807, 2.05) is 0 Å². The van der Waals surface area contributed by atoms with Gasteiger partial charge in [0.05, 0.1) is 64.2 Å². The molecule has 4 heterocycles. The first kappa shape index (κ1) is 34.2. The van der Waals surface area contributed by atoms with Crippen LogP contribution in [0.25, 0.3) is 27.5 Å². The summed E-state index contributed by atoms with van der Waals surface area (Å²) in [6, 6.07) is 51.7. The van der Waals surface area contributed by atoms with E-state index < -0.39 is 0 Å². The van der Waals surface area contributed by atoms with Gasteiger partial charge in [0.2, 0.25) is 0 Å². The number of fused-ring (bicyclic) bond motifs is 7. The molecular weight excluding hydrogens is 709 g/mol. The molecule has 290 valence electrons. The minimum Gasteiger partial charge on any atom is -0.349 e. The lowest BCUT2D eigenvalue weighted by atomic mass is 9.86. The highest BCUT2D eigenvalue weighted by Crippen LogP contribution is 2.53. The molecule has 12 rings (SSSR count). The summed E-state index contributed by atoms with van der Waals surface area (Å²) in [6.45, 7) is 6.61. The van der Waals surface area contributed by atoms with Gasteiger partial charge in [-0.1, -0.05) is 74.5 Å². The van der Waals surface area contributed by atoms with Crippen molar-refractivity contribution in [3.63, 3.8) is 0 Å². The van der Waals surface area contributed by atoms with Gasteiger partial charge >= 0.3 is 0 Å². The first-order chi connectivity index (χ1) is 28.6. The topological polar surface area (TPSA) is 21.1 Å². The lowest BCUT2D eigenvalue weighted by Crippen LogP contribution is -2.39. The van der Waals surface area contributed by atoms with Crippen LogP contribution in [-0.4, -0.2) is 30.0 Å². The van der Waals surface area contributed by atoms with Crippen LogP contribution in [0.4, 0.5) is 51.2 Å². The van der Waals surface area contributed by atoms with Gasteiger partial charge in [-0.05, 0) is 136 Å². The van der Waals surface area contributed by atoms with Gasteiger partial charge in [0.15, 0.2) is 0 Å². The van der Waals surface area contributed by atoms with Gasteiger partial charge < -0.3 is 29.1 Å². The molecule has 58 heavy (non-hydrogen) atoms. The van der Waals surface area contributed by atoms with Crippen molar-refractivity contribution < 1.29 is 0 Å². The molecule has 0 spiro atoms. The Kier molecular flexibility index (Phi) is 7.86. The largest absolute Gasteiger partial charge is 0.349 e. The Balaban J connectivity index is 0.991.